The molecule has 2 N–H and O–H groups in total. The number of amides is 1. The number of rotatable bonds is 4. The van der Waals surface area contributed by atoms with Crippen LogP contribution in [0.3, 0.4) is 0 Å². The fourth-order valence-corrected chi connectivity index (χ4v) is 2.87. The number of carbonyl (C=O) groups is 1. The Morgan fingerprint density at radius 2 is 2.21 bits per heavy atom. The zero-order valence-electron chi connectivity index (χ0n) is 12.7. The molecular weight excluding hydrogens is 310 g/mol. The molecule has 24 heavy (non-hydrogen) atoms. The Labute approximate surface area is 136 Å². The number of likely N-dealkylation sites (tertiary alicyclic amines) is 1. The van der Waals surface area contributed by atoms with Gasteiger partial charge < -0.3 is 9.64 Å². The van der Waals surface area contributed by atoms with Crippen molar-refractivity contribution in [2.75, 3.05) is 13.1 Å². The third-order valence-corrected chi connectivity index (χ3v) is 4.05. The highest BCUT2D eigenvalue weighted by atomic mass is 16.5. The van der Waals surface area contributed by atoms with Crippen molar-refractivity contribution in [3.63, 3.8) is 0 Å². The summed E-state index contributed by atoms with van der Waals surface area (Å²) in [5.41, 5.74) is 0.132. The van der Waals surface area contributed by atoms with Gasteiger partial charge in [-0.05, 0) is 17.5 Å². The lowest BCUT2D eigenvalue weighted by Crippen LogP contribution is -2.23. The minimum Gasteiger partial charge on any atom is -0.472 e. The number of nitrogens with zero attached hydrogens (tertiary/aromatic N) is 3. The van der Waals surface area contributed by atoms with Gasteiger partial charge in [0.15, 0.2) is 5.82 Å². The van der Waals surface area contributed by atoms with Crippen LogP contribution in [-0.4, -0.2) is 50.7 Å². The van der Waals surface area contributed by atoms with Gasteiger partial charge >= 0.3 is 5.69 Å². The quantitative estimate of drug-likeness (QED) is 0.694. The molecule has 122 valence electrons. The molecule has 1 aliphatic rings. The van der Waals surface area contributed by atoms with E-state index in [1.54, 1.807) is 4.90 Å². The van der Waals surface area contributed by atoms with Crippen LogP contribution in [0.2, 0.25) is 0 Å². The lowest BCUT2D eigenvalue weighted by molar-refractivity contribution is -0.117. The fourth-order valence-electron chi connectivity index (χ4n) is 2.87. The van der Waals surface area contributed by atoms with Crippen LogP contribution in [0.25, 0.3) is 22.3 Å². The van der Waals surface area contributed by atoms with Crippen molar-refractivity contribution in [3.05, 3.63) is 40.8 Å². The largest absolute Gasteiger partial charge is 0.472 e. The number of aromatic nitrogens is 4. The highest BCUT2D eigenvalue weighted by Crippen LogP contribution is 2.29. The predicted molar refractivity (Wildman–Crippen MR) is 86.6 cm³/mol. The lowest BCUT2D eigenvalue weighted by Gasteiger charge is -2.15. The van der Waals surface area contributed by atoms with E-state index >= 15 is 0 Å². The van der Waals surface area contributed by atoms with E-state index in [2.05, 4.69) is 20.2 Å². The molecule has 1 atom stereocenters. The monoisotopic (exact) mass is 325 g/mol. The summed E-state index contributed by atoms with van der Waals surface area (Å²) >= 11 is 0. The van der Waals surface area contributed by atoms with Crippen molar-refractivity contribution >= 4 is 17.2 Å². The molecule has 0 spiro atoms. The molecular formula is C16H15N5O3. The van der Waals surface area contributed by atoms with Crippen LogP contribution >= 0.6 is 0 Å². The summed E-state index contributed by atoms with van der Waals surface area (Å²) in [6.45, 7) is 1.22. The molecule has 8 nitrogen and oxygen atoms in total. The smallest absolute Gasteiger partial charge is 0.340 e. The maximum Gasteiger partial charge on any atom is 0.340 e. The van der Waals surface area contributed by atoms with Gasteiger partial charge in [-0.1, -0.05) is 18.2 Å². The summed E-state index contributed by atoms with van der Waals surface area (Å²) in [6.07, 6.45) is 1.50. The van der Waals surface area contributed by atoms with Crippen molar-refractivity contribution in [1.82, 2.24) is 25.1 Å². The van der Waals surface area contributed by atoms with Gasteiger partial charge in [0.2, 0.25) is 12.3 Å². The summed E-state index contributed by atoms with van der Waals surface area (Å²) in [7, 11) is 0. The highest BCUT2D eigenvalue weighted by molar-refractivity contribution is 5.89. The number of fused-ring (bicyclic) bond motifs is 1. The van der Waals surface area contributed by atoms with Crippen molar-refractivity contribution in [2.24, 2.45) is 0 Å². The molecule has 0 aliphatic carbocycles. The molecule has 1 unspecified atom stereocenters. The number of H-pyrrole nitrogens is 2. The molecule has 0 radical (unpaired) electrons. The van der Waals surface area contributed by atoms with Crippen LogP contribution in [0.15, 0.2) is 35.1 Å². The second-order valence-electron chi connectivity index (χ2n) is 5.69. The van der Waals surface area contributed by atoms with E-state index in [1.165, 1.54) is 0 Å². The average molecular weight is 325 g/mol. The molecule has 4 rings (SSSR count). The van der Waals surface area contributed by atoms with Gasteiger partial charge in [-0.2, -0.15) is 5.10 Å². The van der Waals surface area contributed by atoms with Crippen molar-refractivity contribution in [1.29, 1.82) is 0 Å². The Morgan fingerprint density at radius 1 is 1.33 bits per heavy atom. The summed E-state index contributed by atoms with van der Waals surface area (Å²) < 4.78 is 6.05. The zero-order chi connectivity index (χ0) is 16.5. The molecule has 8 heteroatoms. The van der Waals surface area contributed by atoms with Crippen LogP contribution < -0.4 is 10.4 Å². The molecule has 1 aromatic carbocycles. The van der Waals surface area contributed by atoms with E-state index in [9.17, 15) is 9.59 Å². The summed E-state index contributed by atoms with van der Waals surface area (Å²) in [6, 6.07) is 9.57. The number of aromatic amines is 2. The van der Waals surface area contributed by atoms with E-state index in [1.807, 2.05) is 30.3 Å². The van der Waals surface area contributed by atoms with Gasteiger partial charge in [0.05, 0.1) is 6.54 Å². The van der Waals surface area contributed by atoms with Crippen molar-refractivity contribution < 1.29 is 9.53 Å². The Bertz CT molecular complexity index is 948. The van der Waals surface area contributed by atoms with Crippen LogP contribution in [-0.2, 0) is 4.79 Å². The van der Waals surface area contributed by atoms with E-state index in [4.69, 9.17) is 4.74 Å². The van der Waals surface area contributed by atoms with E-state index in [0.717, 1.165) is 23.6 Å². The summed E-state index contributed by atoms with van der Waals surface area (Å²) in [5.74, 6) is 0.834. The molecule has 0 bridgehead atoms. The molecule has 1 aliphatic heterocycles. The molecule has 3 aromatic rings. The number of nitrogens with one attached hydrogen (secondary N) is 2. The lowest BCUT2D eigenvalue weighted by atomic mass is 10.1. The van der Waals surface area contributed by atoms with Crippen LogP contribution in [0.1, 0.15) is 6.42 Å². The normalized spacial score (nSPS) is 17.3. The number of ether oxygens (including phenoxy) is 1. The first kappa shape index (κ1) is 14.4. The summed E-state index contributed by atoms with van der Waals surface area (Å²) in [5, 5.41) is 8.07. The molecule has 2 aromatic heterocycles. The Kier molecular flexibility index (Phi) is 3.49. The molecule has 1 saturated heterocycles. The standard InChI is InChI=1S/C16H15N5O3/c22-9-21-6-5-11(8-21)24-15-12-4-2-1-3-10(12)7-13(17-15)14-18-16(23)20-19-14/h1-4,7,9,11H,5-6,8H2,(H2,18,19,20,23). The number of pyridine rings is 1. The first-order chi connectivity index (χ1) is 11.7. The maximum atomic E-state index is 11.3. The zero-order valence-corrected chi connectivity index (χ0v) is 12.7. The van der Waals surface area contributed by atoms with Crippen molar-refractivity contribution in [3.8, 4) is 17.4 Å². The van der Waals surface area contributed by atoms with E-state index in [-0.39, 0.29) is 11.8 Å². The first-order valence-corrected chi connectivity index (χ1v) is 7.64. The third-order valence-electron chi connectivity index (χ3n) is 4.05. The predicted octanol–water partition coefficient (Wildman–Crippen LogP) is 0.923. The SMILES string of the molecule is O=CN1CCC(Oc2nc(-c3n[nH]c(=O)[nH]3)cc3ccccc23)C1. The Morgan fingerprint density at radius 3 is 2.96 bits per heavy atom. The molecule has 1 fully saturated rings. The van der Waals surface area contributed by atoms with Gasteiger partial charge in [0, 0.05) is 18.4 Å². The van der Waals surface area contributed by atoms with Crippen LogP contribution in [0, 0.1) is 0 Å². The van der Waals surface area contributed by atoms with Gasteiger partial charge in [-0.25, -0.2) is 14.9 Å². The van der Waals surface area contributed by atoms with Gasteiger partial charge in [-0.15, -0.1) is 0 Å². The minimum absolute atomic E-state index is 0.0976. The topological polar surface area (TPSA) is 104 Å². The first-order valence-electron chi connectivity index (χ1n) is 7.64. The highest BCUT2D eigenvalue weighted by Gasteiger charge is 2.24. The average Bonchev–Trinajstić information content (AvgIpc) is 3.23. The molecule has 3 heterocycles. The van der Waals surface area contributed by atoms with Gasteiger partial charge in [-0.3, -0.25) is 9.78 Å². The van der Waals surface area contributed by atoms with Gasteiger partial charge in [0.1, 0.15) is 11.8 Å². The van der Waals surface area contributed by atoms with Crippen molar-refractivity contribution in [2.45, 2.75) is 12.5 Å². The minimum atomic E-state index is -0.389. The van der Waals surface area contributed by atoms with E-state index in [0.29, 0.717) is 30.5 Å². The van der Waals surface area contributed by atoms with Gasteiger partial charge in [0.25, 0.3) is 0 Å². The summed E-state index contributed by atoms with van der Waals surface area (Å²) in [4.78, 5) is 31.0. The second kappa shape index (κ2) is 5.80. The Balaban J connectivity index is 1.75. The molecule has 0 saturated carbocycles. The van der Waals surface area contributed by atoms with Crippen LogP contribution in [0.4, 0.5) is 0 Å². The third kappa shape index (κ3) is 2.62. The number of hydrogen-bond acceptors (Lipinski definition) is 5. The fraction of sp³-hybridized carbons (Fsp3) is 0.250. The van der Waals surface area contributed by atoms with Crippen LogP contribution in [0.5, 0.6) is 5.88 Å². The number of carbonyl (C=O) groups excluding carboxylic acids is 1. The molecule has 1 amide bonds. The second-order valence-corrected chi connectivity index (χ2v) is 5.69. The maximum absolute atomic E-state index is 11.3. The Hall–Kier alpha value is -3.16. The van der Waals surface area contributed by atoms with E-state index < -0.39 is 0 Å². The number of benzene rings is 1. The number of hydrogen-bond donors (Lipinski definition) is 2.